The Balaban J connectivity index is 2.52. The zero-order valence-electron chi connectivity index (χ0n) is 10.7. The highest BCUT2D eigenvalue weighted by Gasteiger charge is 2.37. The first kappa shape index (κ1) is 14.5. The maximum atomic E-state index is 12.0. The fourth-order valence-electron chi connectivity index (χ4n) is 2.22. The molecule has 3 nitrogen and oxygen atoms in total. The second kappa shape index (κ2) is 6.40. The Morgan fingerprint density at radius 1 is 1.47 bits per heavy atom. The third kappa shape index (κ3) is 4.00. The van der Waals surface area contributed by atoms with E-state index in [0.717, 1.165) is 6.54 Å². The number of ether oxygens (including phenoxy) is 1. The van der Waals surface area contributed by atoms with Crippen molar-refractivity contribution in [2.75, 3.05) is 19.7 Å². The minimum absolute atomic E-state index is 0.0251. The Bertz CT molecular complexity index is 259. The molecule has 1 aliphatic rings. The number of carbonyl (C=O) groups excluding carboxylic acids is 1. The van der Waals surface area contributed by atoms with Gasteiger partial charge in [0.2, 0.25) is 0 Å². The monoisotopic (exact) mass is 249 g/mol. The van der Waals surface area contributed by atoms with Crippen molar-refractivity contribution in [2.45, 2.75) is 45.8 Å². The normalized spacial score (nSPS) is 26.1. The van der Waals surface area contributed by atoms with Gasteiger partial charge in [0.1, 0.15) is 6.61 Å². The molecule has 0 radical (unpaired) electrons. The largest absolute Gasteiger partial charge is 0.371 e. The van der Waals surface area contributed by atoms with E-state index in [2.05, 4.69) is 0 Å². The van der Waals surface area contributed by atoms with Gasteiger partial charge in [0.05, 0.1) is 12.1 Å². The van der Waals surface area contributed by atoms with Crippen molar-refractivity contribution >= 4 is 5.78 Å². The summed E-state index contributed by atoms with van der Waals surface area (Å²) in [5, 5.41) is 0. The molecule has 0 N–H and O–H groups in total. The van der Waals surface area contributed by atoms with E-state index in [9.17, 15) is 13.6 Å². The Morgan fingerprint density at radius 2 is 2.12 bits per heavy atom. The van der Waals surface area contributed by atoms with Crippen molar-refractivity contribution < 1.29 is 18.3 Å². The Kier molecular flexibility index (Phi) is 5.46. The lowest BCUT2D eigenvalue weighted by atomic mass is 9.99. The van der Waals surface area contributed by atoms with Crippen molar-refractivity contribution in [3.05, 3.63) is 0 Å². The van der Waals surface area contributed by atoms with Crippen molar-refractivity contribution in [1.82, 2.24) is 4.90 Å². The summed E-state index contributed by atoms with van der Waals surface area (Å²) in [6.45, 7) is 6.48. The molecular weight excluding hydrogens is 228 g/mol. The molecule has 1 fully saturated rings. The molecule has 1 heterocycles. The summed E-state index contributed by atoms with van der Waals surface area (Å²) in [4.78, 5) is 14.0. The Morgan fingerprint density at radius 3 is 2.59 bits per heavy atom. The number of carbonyl (C=O) groups is 1. The zero-order valence-corrected chi connectivity index (χ0v) is 10.7. The Hall–Kier alpha value is -0.550. The van der Waals surface area contributed by atoms with Gasteiger partial charge in [-0.2, -0.15) is 0 Å². The first-order valence-electron chi connectivity index (χ1n) is 6.13. The molecule has 1 rings (SSSR count). The molecule has 0 bridgehead atoms. The van der Waals surface area contributed by atoms with E-state index in [1.165, 1.54) is 0 Å². The number of ketones is 1. The summed E-state index contributed by atoms with van der Waals surface area (Å²) in [6.07, 6.45) is -2.14. The number of Topliss-reactive ketones (excluding diaryl/α,β-unsaturated/α-hetero) is 1. The van der Waals surface area contributed by atoms with Crippen LogP contribution < -0.4 is 0 Å². The van der Waals surface area contributed by atoms with E-state index in [1.54, 1.807) is 0 Å². The molecule has 100 valence electrons. The van der Waals surface area contributed by atoms with Gasteiger partial charge < -0.3 is 4.74 Å². The Labute approximate surface area is 101 Å². The van der Waals surface area contributed by atoms with Gasteiger partial charge in [0.25, 0.3) is 6.43 Å². The van der Waals surface area contributed by atoms with E-state index >= 15 is 0 Å². The zero-order chi connectivity index (χ0) is 13.0. The van der Waals surface area contributed by atoms with Crippen molar-refractivity contribution in [3.8, 4) is 0 Å². The second-order valence-corrected chi connectivity index (χ2v) is 4.74. The molecule has 17 heavy (non-hydrogen) atoms. The van der Waals surface area contributed by atoms with Gasteiger partial charge in [-0.3, -0.25) is 9.69 Å². The molecular formula is C12H21F2NO2. The van der Waals surface area contributed by atoms with Crippen LogP contribution in [0.1, 0.15) is 27.2 Å². The quantitative estimate of drug-likeness (QED) is 0.720. The number of likely N-dealkylation sites (N-methyl/N-ethyl adjacent to an activating group) is 1. The number of halogens is 2. The molecule has 0 aromatic heterocycles. The maximum absolute atomic E-state index is 12.0. The summed E-state index contributed by atoms with van der Waals surface area (Å²) in [5.74, 6) is 0.151. The molecule has 1 saturated heterocycles. The lowest BCUT2D eigenvalue weighted by molar-refractivity contribution is -0.126. The molecule has 0 unspecified atom stereocenters. The van der Waals surface area contributed by atoms with E-state index in [-0.39, 0.29) is 23.8 Å². The van der Waals surface area contributed by atoms with Crippen LogP contribution in [-0.2, 0) is 9.53 Å². The van der Waals surface area contributed by atoms with Crippen LogP contribution in [0.4, 0.5) is 8.78 Å². The molecule has 5 heteroatoms. The van der Waals surface area contributed by atoms with E-state index in [4.69, 9.17) is 4.74 Å². The highest BCUT2D eigenvalue weighted by atomic mass is 19.3. The predicted molar refractivity (Wildman–Crippen MR) is 61.2 cm³/mol. The van der Waals surface area contributed by atoms with E-state index in [1.807, 2.05) is 25.7 Å². The van der Waals surface area contributed by atoms with Crippen LogP contribution in [0.2, 0.25) is 0 Å². The highest BCUT2D eigenvalue weighted by Crippen LogP contribution is 2.23. The third-order valence-corrected chi connectivity index (χ3v) is 3.13. The first-order chi connectivity index (χ1) is 7.95. The van der Waals surface area contributed by atoms with Gasteiger partial charge in [-0.25, -0.2) is 8.78 Å². The molecule has 0 saturated carbocycles. The topological polar surface area (TPSA) is 29.5 Å². The lowest BCUT2D eigenvalue weighted by Crippen LogP contribution is -2.38. The maximum Gasteiger partial charge on any atom is 0.261 e. The van der Waals surface area contributed by atoms with Crippen molar-refractivity contribution in [1.29, 1.82) is 0 Å². The van der Waals surface area contributed by atoms with Crippen LogP contribution in [0.5, 0.6) is 0 Å². The number of hydrogen-bond acceptors (Lipinski definition) is 3. The standard InChI is InChI=1S/C12H21F2NO2/c1-4-15-6-9(17-7-11(13)14)5-10(15)12(16)8(2)3/h8-11H,4-7H2,1-3H3/t9-,10-/m0/s1. The fourth-order valence-corrected chi connectivity index (χ4v) is 2.22. The van der Waals surface area contributed by atoms with Gasteiger partial charge in [0, 0.05) is 12.5 Å². The molecule has 2 atom stereocenters. The summed E-state index contributed by atoms with van der Waals surface area (Å²) in [7, 11) is 0. The van der Waals surface area contributed by atoms with Gasteiger partial charge in [-0.1, -0.05) is 20.8 Å². The minimum Gasteiger partial charge on any atom is -0.371 e. The highest BCUT2D eigenvalue weighted by molar-refractivity contribution is 5.86. The number of hydrogen-bond donors (Lipinski definition) is 0. The van der Waals surface area contributed by atoms with E-state index < -0.39 is 13.0 Å². The first-order valence-corrected chi connectivity index (χ1v) is 6.13. The van der Waals surface area contributed by atoms with Crippen molar-refractivity contribution in [3.63, 3.8) is 0 Å². The van der Waals surface area contributed by atoms with Crippen LogP contribution in [0, 0.1) is 5.92 Å². The van der Waals surface area contributed by atoms with Crippen LogP contribution in [0.15, 0.2) is 0 Å². The molecule has 0 aromatic carbocycles. The average molecular weight is 249 g/mol. The molecule has 1 aliphatic heterocycles. The number of rotatable bonds is 6. The minimum atomic E-state index is -2.44. The summed E-state index contributed by atoms with van der Waals surface area (Å²) < 4.78 is 29.2. The summed E-state index contributed by atoms with van der Waals surface area (Å²) in [6, 6.07) is -0.164. The molecule has 0 aliphatic carbocycles. The van der Waals surface area contributed by atoms with Gasteiger partial charge in [-0.15, -0.1) is 0 Å². The predicted octanol–water partition coefficient (Wildman–Crippen LogP) is 1.96. The van der Waals surface area contributed by atoms with Crippen molar-refractivity contribution in [2.24, 2.45) is 5.92 Å². The van der Waals surface area contributed by atoms with Crippen LogP contribution in [-0.4, -0.2) is 49.0 Å². The number of nitrogens with zero attached hydrogens (tertiary/aromatic N) is 1. The van der Waals surface area contributed by atoms with Crippen LogP contribution in [0.3, 0.4) is 0 Å². The molecule has 0 spiro atoms. The number of alkyl halides is 2. The second-order valence-electron chi connectivity index (χ2n) is 4.74. The third-order valence-electron chi connectivity index (χ3n) is 3.13. The molecule has 0 aromatic rings. The van der Waals surface area contributed by atoms with E-state index in [0.29, 0.717) is 13.0 Å². The summed E-state index contributed by atoms with van der Waals surface area (Å²) >= 11 is 0. The smallest absolute Gasteiger partial charge is 0.261 e. The van der Waals surface area contributed by atoms with Gasteiger partial charge in [-0.05, 0) is 13.0 Å². The van der Waals surface area contributed by atoms with Crippen LogP contribution >= 0.6 is 0 Å². The van der Waals surface area contributed by atoms with Crippen LogP contribution in [0.25, 0.3) is 0 Å². The summed E-state index contributed by atoms with van der Waals surface area (Å²) in [5.41, 5.74) is 0. The lowest BCUT2D eigenvalue weighted by Gasteiger charge is -2.22. The van der Waals surface area contributed by atoms with Gasteiger partial charge in [0.15, 0.2) is 5.78 Å². The SMILES string of the molecule is CCN1C[C@@H](OCC(F)F)C[C@H]1C(=O)C(C)C. The molecule has 0 amide bonds. The average Bonchev–Trinajstić information content (AvgIpc) is 2.68. The van der Waals surface area contributed by atoms with Gasteiger partial charge >= 0.3 is 0 Å². The fraction of sp³-hybridized carbons (Fsp3) is 0.917. The number of likely N-dealkylation sites (tertiary alicyclic amines) is 1.